The number of aromatic nitrogens is 5. The summed E-state index contributed by atoms with van der Waals surface area (Å²) in [6, 6.07) is 7.77. The van der Waals surface area contributed by atoms with E-state index in [1.54, 1.807) is 24.8 Å². The molecule has 0 unspecified atom stereocenters. The Hall–Kier alpha value is -3.09. The standard InChI is InChI=1S/C15H15N7/c1-3-12(7-16-5-1)9-18-14-11-20-22-15(21-14)19-10-13-4-2-6-17-8-13/h1-8,11H,9-10H2,(H2,18,19,21,22). The van der Waals surface area contributed by atoms with Gasteiger partial charge in [-0.15, -0.1) is 5.10 Å². The molecular formula is C15H15N7. The van der Waals surface area contributed by atoms with Crippen molar-refractivity contribution in [3.05, 3.63) is 66.4 Å². The second-order valence-electron chi connectivity index (χ2n) is 4.59. The lowest BCUT2D eigenvalue weighted by atomic mass is 10.3. The molecule has 0 saturated carbocycles. The van der Waals surface area contributed by atoms with E-state index >= 15 is 0 Å². The minimum Gasteiger partial charge on any atom is -0.364 e. The fraction of sp³-hybridized carbons (Fsp3) is 0.133. The number of nitrogens with zero attached hydrogens (tertiary/aromatic N) is 5. The molecule has 22 heavy (non-hydrogen) atoms. The molecule has 0 fully saturated rings. The van der Waals surface area contributed by atoms with Crippen LogP contribution in [0.4, 0.5) is 11.8 Å². The van der Waals surface area contributed by atoms with Crippen molar-refractivity contribution in [2.75, 3.05) is 10.6 Å². The van der Waals surface area contributed by atoms with Crippen molar-refractivity contribution < 1.29 is 0 Å². The van der Waals surface area contributed by atoms with E-state index in [2.05, 4.69) is 35.8 Å². The largest absolute Gasteiger partial charge is 0.364 e. The van der Waals surface area contributed by atoms with Crippen LogP contribution in [-0.4, -0.2) is 25.1 Å². The van der Waals surface area contributed by atoms with Gasteiger partial charge >= 0.3 is 0 Å². The van der Waals surface area contributed by atoms with Crippen LogP contribution in [-0.2, 0) is 13.1 Å². The number of nitrogens with one attached hydrogen (secondary N) is 2. The molecule has 0 bridgehead atoms. The highest BCUT2D eigenvalue weighted by Crippen LogP contribution is 2.07. The monoisotopic (exact) mass is 293 g/mol. The number of pyridine rings is 2. The summed E-state index contributed by atoms with van der Waals surface area (Å²) in [5.74, 6) is 1.13. The van der Waals surface area contributed by atoms with E-state index in [9.17, 15) is 0 Å². The lowest BCUT2D eigenvalue weighted by molar-refractivity contribution is 0.934. The van der Waals surface area contributed by atoms with Gasteiger partial charge in [-0.3, -0.25) is 9.97 Å². The molecule has 3 aromatic rings. The van der Waals surface area contributed by atoms with Gasteiger partial charge in [0.2, 0.25) is 5.95 Å². The molecule has 0 aliphatic carbocycles. The molecule has 0 spiro atoms. The normalized spacial score (nSPS) is 10.2. The Balaban J connectivity index is 1.58. The number of hydrogen-bond donors (Lipinski definition) is 2. The van der Waals surface area contributed by atoms with E-state index in [-0.39, 0.29) is 0 Å². The SMILES string of the molecule is c1cncc(CNc2cnnc(NCc3cccnc3)n2)c1. The highest BCUT2D eigenvalue weighted by atomic mass is 15.3. The molecule has 0 aliphatic heterocycles. The molecular weight excluding hydrogens is 278 g/mol. The smallest absolute Gasteiger partial charge is 0.244 e. The Morgan fingerprint density at radius 1 is 0.818 bits per heavy atom. The highest BCUT2D eigenvalue weighted by Gasteiger charge is 2.01. The summed E-state index contributed by atoms with van der Waals surface area (Å²) in [6.45, 7) is 1.23. The van der Waals surface area contributed by atoms with Gasteiger partial charge in [0.1, 0.15) is 0 Å². The fourth-order valence-corrected chi connectivity index (χ4v) is 1.84. The van der Waals surface area contributed by atoms with Gasteiger partial charge in [-0.2, -0.15) is 10.1 Å². The predicted octanol–water partition coefficient (Wildman–Crippen LogP) is 1.89. The molecule has 0 aromatic carbocycles. The van der Waals surface area contributed by atoms with Gasteiger partial charge < -0.3 is 10.6 Å². The number of anilines is 2. The first-order valence-electron chi connectivity index (χ1n) is 6.85. The lowest BCUT2D eigenvalue weighted by Gasteiger charge is -2.07. The van der Waals surface area contributed by atoms with Crippen LogP contribution in [0.1, 0.15) is 11.1 Å². The Labute approximate surface area is 127 Å². The van der Waals surface area contributed by atoms with Crippen molar-refractivity contribution in [3.63, 3.8) is 0 Å². The summed E-state index contributed by atoms with van der Waals surface area (Å²) >= 11 is 0. The van der Waals surface area contributed by atoms with Crippen LogP contribution in [0, 0.1) is 0 Å². The van der Waals surface area contributed by atoms with Crippen molar-refractivity contribution >= 4 is 11.8 Å². The van der Waals surface area contributed by atoms with Crippen LogP contribution in [0.5, 0.6) is 0 Å². The van der Waals surface area contributed by atoms with Crippen molar-refractivity contribution in [2.45, 2.75) is 13.1 Å². The first kappa shape index (κ1) is 13.9. The molecule has 7 heteroatoms. The van der Waals surface area contributed by atoms with E-state index in [4.69, 9.17) is 0 Å². The van der Waals surface area contributed by atoms with E-state index in [0.29, 0.717) is 24.9 Å². The zero-order valence-electron chi connectivity index (χ0n) is 11.8. The maximum Gasteiger partial charge on any atom is 0.244 e. The van der Waals surface area contributed by atoms with E-state index in [1.165, 1.54) is 0 Å². The Bertz CT molecular complexity index is 645. The van der Waals surface area contributed by atoms with E-state index in [0.717, 1.165) is 11.1 Å². The first-order chi connectivity index (χ1) is 10.9. The average molecular weight is 293 g/mol. The molecule has 3 heterocycles. The molecule has 3 rings (SSSR count). The summed E-state index contributed by atoms with van der Waals surface area (Å²) in [5.41, 5.74) is 2.13. The summed E-state index contributed by atoms with van der Waals surface area (Å²) in [7, 11) is 0. The molecule has 0 amide bonds. The summed E-state index contributed by atoms with van der Waals surface area (Å²) in [6.07, 6.45) is 8.68. The number of rotatable bonds is 6. The van der Waals surface area contributed by atoms with Gasteiger partial charge in [-0.05, 0) is 23.3 Å². The molecule has 0 aliphatic rings. The van der Waals surface area contributed by atoms with Gasteiger partial charge in [0.05, 0.1) is 6.20 Å². The van der Waals surface area contributed by atoms with Gasteiger partial charge in [0, 0.05) is 37.9 Å². The second kappa shape index (κ2) is 7.07. The Kier molecular flexibility index (Phi) is 4.46. The summed E-state index contributed by atoms with van der Waals surface area (Å²) in [4.78, 5) is 12.5. The summed E-state index contributed by atoms with van der Waals surface area (Å²) in [5, 5.41) is 14.2. The van der Waals surface area contributed by atoms with E-state index in [1.807, 2.05) is 30.5 Å². The van der Waals surface area contributed by atoms with Crippen molar-refractivity contribution in [1.29, 1.82) is 0 Å². The van der Waals surface area contributed by atoms with Gasteiger partial charge in [0.15, 0.2) is 5.82 Å². The third-order valence-electron chi connectivity index (χ3n) is 2.93. The van der Waals surface area contributed by atoms with Crippen LogP contribution in [0.3, 0.4) is 0 Å². The van der Waals surface area contributed by atoms with Gasteiger partial charge in [-0.1, -0.05) is 12.1 Å². The van der Waals surface area contributed by atoms with Crippen LogP contribution in [0.25, 0.3) is 0 Å². The maximum absolute atomic E-state index is 4.37. The Morgan fingerprint density at radius 2 is 1.50 bits per heavy atom. The van der Waals surface area contributed by atoms with Crippen molar-refractivity contribution in [3.8, 4) is 0 Å². The molecule has 110 valence electrons. The Morgan fingerprint density at radius 3 is 2.14 bits per heavy atom. The molecule has 0 saturated heterocycles. The van der Waals surface area contributed by atoms with Crippen LogP contribution in [0.2, 0.25) is 0 Å². The zero-order chi connectivity index (χ0) is 15.0. The van der Waals surface area contributed by atoms with Gasteiger partial charge in [0.25, 0.3) is 0 Å². The number of hydrogen-bond acceptors (Lipinski definition) is 7. The minimum absolute atomic E-state index is 0.472. The molecule has 0 radical (unpaired) electrons. The van der Waals surface area contributed by atoms with Crippen LogP contribution < -0.4 is 10.6 Å². The predicted molar refractivity (Wildman–Crippen MR) is 83.0 cm³/mol. The quantitative estimate of drug-likeness (QED) is 0.717. The molecule has 3 aromatic heterocycles. The minimum atomic E-state index is 0.472. The van der Waals surface area contributed by atoms with Crippen LogP contribution in [0.15, 0.2) is 55.2 Å². The fourth-order valence-electron chi connectivity index (χ4n) is 1.84. The summed E-state index contributed by atoms with van der Waals surface area (Å²) < 4.78 is 0. The average Bonchev–Trinajstić information content (AvgIpc) is 2.60. The topological polar surface area (TPSA) is 88.5 Å². The van der Waals surface area contributed by atoms with Crippen molar-refractivity contribution in [1.82, 2.24) is 25.1 Å². The van der Waals surface area contributed by atoms with E-state index < -0.39 is 0 Å². The third kappa shape index (κ3) is 3.95. The second-order valence-corrected chi connectivity index (χ2v) is 4.59. The molecule has 0 atom stereocenters. The van der Waals surface area contributed by atoms with Crippen molar-refractivity contribution in [2.24, 2.45) is 0 Å². The third-order valence-corrected chi connectivity index (χ3v) is 2.93. The molecule has 2 N–H and O–H groups in total. The maximum atomic E-state index is 4.37. The first-order valence-corrected chi connectivity index (χ1v) is 6.85. The van der Waals surface area contributed by atoms with Crippen LogP contribution >= 0.6 is 0 Å². The lowest BCUT2D eigenvalue weighted by Crippen LogP contribution is -2.08. The molecule has 7 nitrogen and oxygen atoms in total. The highest BCUT2D eigenvalue weighted by molar-refractivity contribution is 5.38. The van der Waals surface area contributed by atoms with Gasteiger partial charge in [-0.25, -0.2) is 0 Å². The zero-order valence-corrected chi connectivity index (χ0v) is 11.8.